The molecule has 0 fully saturated rings. The molecule has 1 aromatic rings. The summed E-state index contributed by atoms with van der Waals surface area (Å²) in [4.78, 5) is 19.1. The van der Waals surface area contributed by atoms with E-state index in [1.54, 1.807) is 6.92 Å². The van der Waals surface area contributed by atoms with Crippen LogP contribution in [0.3, 0.4) is 0 Å². The molecule has 1 aromatic heterocycles. The zero-order valence-corrected chi connectivity index (χ0v) is 10.4. The molecule has 1 rings (SSSR count). The Balaban J connectivity index is 2.79. The summed E-state index contributed by atoms with van der Waals surface area (Å²) < 4.78 is 4.51. The number of carbonyl (C=O) groups is 1. The Labute approximate surface area is 100 Å². The Bertz CT molecular complexity index is 387. The summed E-state index contributed by atoms with van der Waals surface area (Å²) in [6.45, 7) is 5.37. The van der Waals surface area contributed by atoms with Gasteiger partial charge in [-0.2, -0.15) is 0 Å². The lowest BCUT2D eigenvalue weighted by molar-refractivity contribution is 0.0593. The third-order valence-electron chi connectivity index (χ3n) is 2.54. The fraction of sp³-hybridized carbons (Fsp3) is 0.545. The molecule has 0 saturated heterocycles. The first-order valence-electron chi connectivity index (χ1n) is 5.23. The summed E-state index contributed by atoms with van der Waals surface area (Å²) >= 11 is 0. The topological polar surface area (TPSA) is 84.3 Å². The van der Waals surface area contributed by atoms with Gasteiger partial charge in [0, 0.05) is 0 Å². The smallest absolute Gasteiger partial charge is 0.358 e. The predicted molar refractivity (Wildman–Crippen MR) is 62.8 cm³/mol. The lowest BCUT2D eigenvalue weighted by atomic mass is 9.99. The summed E-state index contributed by atoms with van der Waals surface area (Å²) in [6, 6.07) is 0. The quantitative estimate of drug-likeness (QED) is 0.757. The van der Waals surface area contributed by atoms with Gasteiger partial charge in [0.15, 0.2) is 5.69 Å². The lowest BCUT2D eigenvalue weighted by Crippen LogP contribution is -2.42. The van der Waals surface area contributed by atoms with E-state index in [1.807, 2.05) is 13.8 Å². The normalized spacial score (nSPS) is 13.0. The van der Waals surface area contributed by atoms with Gasteiger partial charge in [0.05, 0.1) is 31.1 Å². The van der Waals surface area contributed by atoms with E-state index < -0.39 is 17.6 Å². The second kappa shape index (κ2) is 5.09. The van der Waals surface area contributed by atoms with Crippen LogP contribution in [0.5, 0.6) is 0 Å². The number of ether oxygens (including phenoxy) is 1. The first-order chi connectivity index (χ1) is 7.86. The number of anilines is 1. The summed E-state index contributed by atoms with van der Waals surface area (Å²) in [6.07, 6.45) is 2.20. The van der Waals surface area contributed by atoms with Gasteiger partial charge in [-0.15, -0.1) is 0 Å². The third-order valence-corrected chi connectivity index (χ3v) is 2.54. The Kier molecular flexibility index (Phi) is 4.01. The van der Waals surface area contributed by atoms with Gasteiger partial charge in [-0.1, -0.05) is 0 Å². The highest BCUT2D eigenvalue weighted by atomic mass is 16.5. The number of esters is 1. The van der Waals surface area contributed by atoms with Crippen molar-refractivity contribution in [2.75, 3.05) is 12.4 Å². The molecule has 94 valence electrons. The van der Waals surface area contributed by atoms with Gasteiger partial charge in [-0.3, -0.25) is 0 Å². The largest absolute Gasteiger partial charge is 0.464 e. The van der Waals surface area contributed by atoms with E-state index in [1.165, 1.54) is 19.5 Å². The van der Waals surface area contributed by atoms with Crippen LogP contribution in [0.4, 0.5) is 5.82 Å². The average molecular weight is 239 g/mol. The van der Waals surface area contributed by atoms with Crippen molar-refractivity contribution in [2.24, 2.45) is 0 Å². The maximum atomic E-state index is 11.1. The summed E-state index contributed by atoms with van der Waals surface area (Å²) in [5.41, 5.74) is -0.380. The van der Waals surface area contributed by atoms with Crippen molar-refractivity contribution in [3.8, 4) is 0 Å². The summed E-state index contributed by atoms with van der Waals surface area (Å²) in [7, 11) is 1.28. The number of nitrogens with zero attached hydrogens (tertiary/aromatic N) is 2. The van der Waals surface area contributed by atoms with Crippen LogP contribution in [0.15, 0.2) is 12.4 Å². The molecule has 6 heteroatoms. The molecule has 0 aromatic carbocycles. The van der Waals surface area contributed by atoms with E-state index in [2.05, 4.69) is 20.0 Å². The van der Waals surface area contributed by atoms with Crippen LogP contribution in [0, 0.1) is 0 Å². The molecule has 0 aliphatic rings. The first kappa shape index (κ1) is 13.4. The van der Waals surface area contributed by atoms with E-state index in [9.17, 15) is 9.90 Å². The van der Waals surface area contributed by atoms with Gasteiger partial charge in [-0.25, -0.2) is 14.8 Å². The zero-order valence-electron chi connectivity index (χ0n) is 10.4. The van der Waals surface area contributed by atoms with Crippen LogP contribution in [-0.4, -0.2) is 39.8 Å². The van der Waals surface area contributed by atoms with Crippen molar-refractivity contribution in [3.63, 3.8) is 0 Å². The van der Waals surface area contributed by atoms with Crippen molar-refractivity contribution < 1.29 is 14.6 Å². The van der Waals surface area contributed by atoms with E-state index in [0.717, 1.165) is 0 Å². The van der Waals surface area contributed by atoms with Gasteiger partial charge < -0.3 is 15.2 Å². The maximum absolute atomic E-state index is 11.1. The fourth-order valence-electron chi connectivity index (χ4n) is 1.04. The van der Waals surface area contributed by atoms with E-state index >= 15 is 0 Å². The molecule has 0 radical (unpaired) electrons. The zero-order chi connectivity index (χ0) is 13.1. The number of aliphatic hydroxyl groups is 1. The molecular weight excluding hydrogens is 222 g/mol. The Morgan fingerprint density at radius 3 is 2.53 bits per heavy atom. The number of carbonyl (C=O) groups excluding carboxylic acids is 1. The third kappa shape index (κ3) is 3.39. The van der Waals surface area contributed by atoms with Crippen LogP contribution in [0.2, 0.25) is 0 Å². The molecule has 0 aliphatic carbocycles. The summed E-state index contributed by atoms with van der Waals surface area (Å²) in [5.74, 6) is -0.0395. The molecule has 17 heavy (non-hydrogen) atoms. The van der Waals surface area contributed by atoms with Gasteiger partial charge in [0.25, 0.3) is 0 Å². The first-order valence-corrected chi connectivity index (χ1v) is 5.23. The molecule has 2 N–H and O–H groups in total. The molecule has 0 spiro atoms. The number of hydrogen-bond acceptors (Lipinski definition) is 6. The number of aliphatic hydroxyl groups excluding tert-OH is 1. The van der Waals surface area contributed by atoms with E-state index in [4.69, 9.17) is 0 Å². The number of rotatable bonds is 4. The van der Waals surface area contributed by atoms with Crippen LogP contribution < -0.4 is 5.32 Å². The molecule has 0 aliphatic heterocycles. The molecule has 6 nitrogen and oxygen atoms in total. The molecule has 0 saturated carbocycles. The SMILES string of the molecule is COC(=O)c1cnc(NC(C)(C)C(C)O)cn1. The highest BCUT2D eigenvalue weighted by Gasteiger charge is 2.24. The monoisotopic (exact) mass is 239 g/mol. The number of aromatic nitrogens is 2. The van der Waals surface area contributed by atoms with Gasteiger partial charge in [0.1, 0.15) is 5.82 Å². The lowest BCUT2D eigenvalue weighted by Gasteiger charge is -2.29. The van der Waals surface area contributed by atoms with Gasteiger partial charge >= 0.3 is 5.97 Å². The van der Waals surface area contributed by atoms with Crippen LogP contribution in [0.25, 0.3) is 0 Å². The molecule has 1 unspecified atom stereocenters. The van der Waals surface area contributed by atoms with E-state index in [-0.39, 0.29) is 5.69 Å². The molecule has 1 atom stereocenters. The number of methoxy groups -OCH3 is 1. The molecule has 1 heterocycles. The summed E-state index contributed by atoms with van der Waals surface area (Å²) in [5, 5.41) is 12.6. The fourth-order valence-corrected chi connectivity index (χ4v) is 1.04. The molecule has 0 bridgehead atoms. The minimum absolute atomic E-state index is 0.146. The maximum Gasteiger partial charge on any atom is 0.358 e. The number of nitrogens with one attached hydrogen (secondary N) is 1. The Morgan fingerprint density at radius 1 is 1.47 bits per heavy atom. The highest BCUT2D eigenvalue weighted by molar-refractivity contribution is 5.86. The highest BCUT2D eigenvalue weighted by Crippen LogP contribution is 2.15. The molecule has 0 amide bonds. The van der Waals surface area contributed by atoms with Crippen molar-refractivity contribution in [1.29, 1.82) is 0 Å². The molecular formula is C11H17N3O3. The second-order valence-corrected chi connectivity index (χ2v) is 4.30. The van der Waals surface area contributed by atoms with Crippen molar-refractivity contribution in [2.45, 2.75) is 32.4 Å². The predicted octanol–water partition coefficient (Wildman–Crippen LogP) is 0.834. The average Bonchev–Trinajstić information content (AvgIpc) is 2.28. The Morgan fingerprint density at radius 2 is 2.12 bits per heavy atom. The minimum Gasteiger partial charge on any atom is -0.464 e. The second-order valence-electron chi connectivity index (χ2n) is 4.30. The van der Waals surface area contributed by atoms with Crippen LogP contribution in [0.1, 0.15) is 31.3 Å². The van der Waals surface area contributed by atoms with Crippen LogP contribution in [-0.2, 0) is 4.74 Å². The number of hydrogen-bond donors (Lipinski definition) is 2. The minimum atomic E-state index is -0.551. The standard InChI is InChI=1S/C11H17N3O3/c1-7(15)11(2,3)14-9-6-12-8(5-13-9)10(16)17-4/h5-7,15H,1-4H3,(H,13,14). The van der Waals surface area contributed by atoms with Crippen molar-refractivity contribution in [1.82, 2.24) is 9.97 Å². The van der Waals surface area contributed by atoms with Crippen LogP contribution >= 0.6 is 0 Å². The van der Waals surface area contributed by atoms with Gasteiger partial charge in [-0.05, 0) is 20.8 Å². The van der Waals surface area contributed by atoms with Crippen molar-refractivity contribution >= 4 is 11.8 Å². The van der Waals surface area contributed by atoms with Crippen molar-refractivity contribution in [3.05, 3.63) is 18.1 Å². The Hall–Kier alpha value is -1.69. The van der Waals surface area contributed by atoms with E-state index in [0.29, 0.717) is 5.82 Å². The van der Waals surface area contributed by atoms with Gasteiger partial charge in [0.2, 0.25) is 0 Å².